The fourth-order valence-corrected chi connectivity index (χ4v) is 3.78. The zero-order chi connectivity index (χ0) is 19.9. The summed E-state index contributed by atoms with van der Waals surface area (Å²) >= 11 is 0. The number of nitrogens with zero attached hydrogens (tertiary/aromatic N) is 1. The molecular formula is C24H31NO3. The third-order valence-corrected chi connectivity index (χ3v) is 5.52. The summed E-state index contributed by atoms with van der Waals surface area (Å²) in [6.45, 7) is 4.42. The first-order chi connectivity index (χ1) is 13.6. The van der Waals surface area contributed by atoms with Crippen LogP contribution in [0.25, 0.3) is 11.6 Å². The number of ether oxygens (including phenoxy) is 3. The van der Waals surface area contributed by atoms with Gasteiger partial charge in [0.1, 0.15) is 5.75 Å². The van der Waals surface area contributed by atoms with Gasteiger partial charge < -0.3 is 14.2 Å². The molecular weight excluding hydrogens is 350 g/mol. The highest BCUT2D eigenvalue weighted by molar-refractivity contribution is 5.83. The minimum Gasteiger partial charge on any atom is -0.497 e. The smallest absolute Gasteiger partial charge is 0.161 e. The van der Waals surface area contributed by atoms with Crippen LogP contribution in [0.3, 0.4) is 0 Å². The first-order valence-corrected chi connectivity index (χ1v) is 9.95. The fraction of sp³-hybridized carbons (Fsp3) is 0.417. The maximum absolute atomic E-state index is 5.48. The average molecular weight is 382 g/mol. The normalized spacial score (nSPS) is 18.0. The zero-order valence-corrected chi connectivity index (χ0v) is 17.4. The number of piperidine rings is 1. The molecule has 0 saturated carbocycles. The van der Waals surface area contributed by atoms with Gasteiger partial charge in [-0.3, -0.25) is 4.90 Å². The predicted molar refractivity (Wildman–Crippen MR) is 115 cm³/mol. The van der Waals surface area contributed by atoms with Crippen LogP contribution in [0.1, 0.15) is 37.3 Å². The summed E-state index contributed by atoms with van der Waals surface area (Å²) in [5, 5.41) is 0. The third kappa shape index (κ3) is 4.87. The zero-order valence-electron chi connectivity index (χ0n) is 17.4. The third-order valence-electron chi connectivity index (χ3n) is 5.52. The molecule has 2 aromatic carbocycles. The second-order valence-electron chi connectivity index (χ2n) is 7.33. The van der Waals surface area contributed by atoms with Gasteiger partial charge in [-0.15, -0.1) is 0 Å². The minimum absolute atomic E-state index is 0.612. The number of likely N-dealkylation sites (tertiary alicyclic amines) is 1. The van der Waals surface area contributed by atoms with Crippen LogP contribution in [0.5, 0.6) is 17.2 Å². The Morgan fingerprint density at radius 3 is 2.36 bits per heavy atom. The SMILES string of the molecule is COc1ccc(/C(=C\c2ccc(OC)c(OC)c2)CN2CCCC[C@@H]2C)cc1. The van der Waals surface area contributed by atoms with Crippen molar-refractivity contribution in [1.82, 2.24) is 4.90 Å². The van der Waals surface area contributed by atoms with E-state index in [9.17, 15) is 0 Å². The second-order valence-corrected chi connectivity index (χ2v) is 7.33. The number of hydrogen-bond donors (Lipinski definition) is 0. The Morgan fingerprint density at radius 2 is 1.71 bits per heavy atom. The largest absolute Gasteiger partial charge is 0.497 e. The Morgan fingerprint density at radius 1 is 0.964 bits per heavy atom. The van der Waals surface area contributed by atoms with E-state index in [-0.39, 0.29) is 0 Å². The molecule has 1 fully saturated rings. The van der Waals surface area contributed by atoms with Crippen molar-refractivity contribution in [3.63, 3.8) is 0 Å². The maximum atomic E-state index is 5.48. The standard InChI is InChI=1S/C24H31NO3/c1-18-7-5-6-14-25(18)17-21(20-9-11-22(26-2)12-10-20)15-19-8-13-23(27-3)24(16-19)28-4/h8-13,15-16,18H,5-7,14,17H2,1-4H3/b21-15-/t18-/m0/s1. The monoisotopic (exact) mass is 381 g/mol. The van der Waals surface area contributed by atoms with Crippen molar-refractivity contribution < 1.29 is 14.2 Å². The van der Waals surface area contributed by atoms with Crippen molar-refractivity contribution in [3.8, 4) is 17.2 Å². The van der Waals surface area contributed by atoms with Gasteiger partial charge in [0, 0.05) is 12.6 Å². The van der Waals surface area contributed by atoms with E-state index in [4.69, 9.17) is 14.2 Å². The molecule has 0 spiro atoms. The predicted octanol–water partition coefficient (Wildman–Crippen LogP) is 5.13. The van der Waals surface area contributed by atoms with Gasteiger partial charge in [0.2, 0.25) is 0 Å². The van der Waals surface area contributed by atoms with E-state index in [1.165, 1.54) is 30.4 Å². The Hall–Kier alpha value is -2.46. The summed E-state index contributed by atoms with van der Waals surface area (Å²) in [7, 11) is 5.03. The molecule has 0 N–H and O–H groups in total. The molecule has 4 heteroatoms. The lowest BCUT2D eigenvalue weighted by molar-refractivity contribution is 0.182. The van der Waals surface area contributed by atoms with Crippen molar-refractivity contribution in [2.75, 3.05) is 34.4 Å². The molecule has 0 radical (unpaired) electrons. The van der Waals surface area contributed by atoms with Crippen molar-refractivity contribution in [3.05, 3.63) is 53.6 Å². The van der Waals surface area contributed by atoms with Gasteiger partial charge in [0.25, 0.3) is 0 Å². The molecule has 0 amide bonds. The number of hydrogen-bond acceptors (Lipinski definition) is 4. The second kappa shape index (κ2) is 9.65. The van der Waals surface area contributed by atoms with Crippen molar-refractivity contribution in [1.29, 1.82) is 0 Å². The molecule has 0 bridgehead atoms. The molecule has 1 aliphatic heterocycles. The highest BCUT2D eigenvalue weighted by atomic mass is 16.5. The van der Waals surface area contributed by atoms with Crippen LogP contribution in [0.2, 0.25) is 0 Å². The minimum atomic E-state index is 0.612. The van der Waals surface area contributed by atoms with Crippen LogP contribution in [0.15, 0.2) is 42.5 Å². The molecule has 1 aliphatic rings. The van der Waals surface area contributed by atoms with Gasteiger partial charge in [0.05, 0.1) is 21.3 Å². The molecule has 150 valence electrons. The van der Waals surface area contributed by atoms with E-state index >= 15 is 0 Å². The highest BCUT2D eigenvalue weighted by Crippen LogP contribution is 2.31. The van der Waals surface area contributed by atoms with E-state index in [0.29, 0.717) is 6.04 Å². The highest BCUT2D eigenvalue weighted by Gasteiger charge is 2.19. The number of methoxy groups -OCH3 is 3. The van der Waals surface area contributed by atoms with Gasteiger partial charge in [0.15, 0.2) is 11.5 Å². The summed E-state index contributed by atoms with van der Waals surface area (Å²) in [6, 6.07) is 15.0. The van der Waals surface area contributed by atoms with Crippen LogP contribution in [0, 0.1) is 0 Å². The van der Waals surface area contributed by atoms with Gasteiger partial charge >= 0.3 is 0 Å². The molecule has 0 aromatic heterocycles. The van der Waals surface area contributed by atoms with Crippen LogP contribution in [0.4, 0.5) is 0 Å². The van der Waals surface area contributed by atoms with Gasteiger partial charge in [-0.2, -0.15) is 0 Å². The summed E-state index contributed by atoms with van der Waals surface area (Å²) in [5.41, 5.74) is 3.62. The van der Waals surface area contributed by atoms with Gasteiger partial charge in [-0.1, -0.05) is 24.6 Å². The van der Waals surface area contributed by atoms with Crippen LogP contribution >= 0.6 is 0 Å². The van der Waals surface area contributed by atoms with Crippen LogP contribution in [-0.4, -0.2) is 45.4 Å². The van der Waals surface area contributed by atoms with Gasteiger partial charge in [-0.25, -0.2) is 0 Å². The topological polar surface area (TPSA) is 30.9 Å². The summed E-state index contributed by atoms with van der Waals surface area (Å²) in [6.07, 6.45) is 6.13. The summed E-state index contributed by atoms with van der Waals surface area (Å²) in [4.78, 5) is 2.58. The lowest BCUT2D eigenvalue weighted by Crippen LogP contribution is -2.38. The van der Waals surface area contributed by atoms with E-state index < -0.39 is 0 Å². The van der Waals surface area contributed by atoms with Crippen molar-refractivity contribution in [2.45, 2.75) is 32.2 Å². The maximum Gasteiger partial charge on any atom is 0.161 e. The molecule has 0 unspecified atom stereocenters. The first-order valence-electron chi connectivity index (χ1n) is 9.95. The number of rotatable bonds is 7. The summed E-state index contributed by atoms with van der Waals surface area (Å²) in [5.74, 6) is 2.37. The first kappa shape index (κ1) is 20.3. The number of benzene rings is 2. The molecule has 4 nitrogen and oxygen atoms in total. The van der Waals surface area contributed by atoms with E-state index in [2.05, 4.69) is 36.1 Å². The molecule has 1 heterocycles. The Balaban J connectivity index is 1.95. The van der Waals surface area contributed by atoms with Gasteiger partial charge in [-0.05, 0) is 73.4 Å². The van der Waals surface area contributed by atoms with Crippen LogP contribution in [-0.2, 0) is 0 Å². The molecule has 1 saturated heterocycles. The molecule has 28 heavy (non-hydrogen) atoms. The Kier molecular flexibility index (Phi) is 6.99. The van der Waals surface area contributed by atoms with E-state index in [1.54, 1.807) is 21.3 Å². The molecule has 2 aromatic rings. The Bertz CT molecular complexity index is 798. The quantitative estimate of drug-likeness (QED) is 0.622. The average Bonchev–Trinajstić information content (AvgIpc) is 2.74. The molecule has 1 atom stereocenters. The van der Waals surface area contributed by atoms with Crippen molar-refractivity contribution in [2.24, 2.45) is 0 Å². The molecule has 3 rings (SSSR count). The van der Waals surface area contributed by atoms with E-state index in [1.807, 2.05) is 24.3 Å². The summed E-state index contributed by atoms with van der Waals surface area (Å²) < 4.78 is 16.2. The lowest BCUT2D eigenvalue weighted by atomic mass is 9.98. The van der Waals surface area contributed by atoms with Crippen LogP contribution < -0.4 is 14.2 Å². The molecule has 0 aliphatic carbocycles. The van der Waals surface area contributed by atoms with E-state index in [0.717, 1.165) is 35.9 Å². The van der Waals surface area contributed by atoms with Crippen molar-refractivity contribution >= 4 is 11.6 Å². The lowest BCUT2D eigenvalue weighted by Gasteiger charge is -2.34. The Labute approximate surface area is 168 Å². The fourth-order valence-electron chi connectivity index (χ4n) is 3.78.